The van der Waals surface area contributed by atoms with Crippen molar-refractivity contribution in [1.82, 2.24) is 0 Å². The van der Waals surface area contributed by atoms with E-state index >= 15 is 0 Å². The lowest BCUT2D eigenvalue weighted by atomic mass is 9.88. The molecule has 0 aliphatic rings. The van der Waals surface area contributed by atoms with Crippen LogP contribution in [0.4, 0.5) is 0 Å². The molecule has 0 bridgehead atoms. The number of rotatable bonds is 1. The largest absolute Gasteiger partial charge is 0.464 e. The van der Waals surface area contributed by atoms with Gasteiger partial charge in [0, 0.05) is 0 Å². The van der Waals surface area contributed by atoms with Crippen LogP contribution in [0.5, 0.6) is 0 Å². The summed E-state index contributed by atoms with van der Waals surface area (Å²) < 4.78 is 5.32. The summed E-state index contributed by atoms with van der Waals surface area (Å²) in [5.41, 5.74) is -0.162. The predicted octanol–water partition coefficient (Wildman–Crippen LogP) is 2.67. The van der Waals surface area contributed by atoms with Crippen LogP contribution in [0.2, 0.25) is 0 Å². The van der Waals surface area contributed by atoms with Gasteiger partial charge in [-0.05, 0) is 24.5 Å². The molecule has 1 heterocycles. The fourth-order valence-electron chi connectivity index (χ4n) is 1.03. The molecule has 1 aromatic rings. The zero-order valence-corrected chi connectivity index (χ0v) is 8.09. The van der Waals surface area contributed by atoms with Gasteiger partial charge in [0.1, 0.15) is 17.6 Å². The fourth-order valence-corrected chi connectivity index (χ4v) is 1.03. The van der Waals surface area contributed by atoms with Crippen LogP contribution < -0.4 is 0 Å². The minimum atomic E-state index is -0.522. The monoisotopic (exact) mass is 168 g/mol. The van der Waals surface area contributed by atoms with Crippen LogP contribution in [0.3, 0.4) is 0 Å². The first kappa shape index (κ1) is 9.33. The maximum Gasteiger partial charge on any atom is 0.133 e. The van der Waals surface area contributed by atoms with Gasteiger partial charge >= 0.3 is 0 Å². The average molecular weight is 168 g/mol. The Morgan fingerprint density at radius 3 is 2.25 bits per heavy atom. The number of aliphatic hydroxyl groups is 1. The first-order chi connectivity index (χ1) is 5.41. The summed E-state index contributed by atoms with van der Waals surface area (Å²) in [6.07, 6.45) is -0.522. The Kier molecular flexibility index (Phi) is 2.29. The Bertz CT molecular complexity index is 255. The van der Waals surface area contributed by atoms with Gasteiger partial charge in [-0.2, -0.15) is 0 Å². The van der Waals surface area contributed by atoms with E-state index in [4.69, 9.17) is 4.42 Å². The van der Waals surface area contributed by atoms with Crippen molar-refractivity contribution in [2.24, 2.45) is 5.41 Å². The maximum absolute atomic E-state index is 9.78. The highest BCUT2D eigenvalue weighted by Gasteiger charge is 2.26. The summed E-state index contributed by atoms with van der Waals surface area (Å²) >= 11 is 0. The second kappa shape index (κ2) is 2.94. The van der Waals surface area contributed by atoms with Gasteiger partial charge in [0.2, 0.25) is 0 Å². The van der Waals surface area contributed by atoms with E-state index in [2.05, 4.69) is 0 Å². The van der Waals surface area contributed by atoms with Gasteiger partial charge in [0.15, 0.2) is 0 Å². The number of aliphatic hydroxyl groups excluding tert-OH is 1. The summed E-state index contributed by atoms with van der Waals surface area (Å²) in [6, 6.07) is 3.69. The standard InChI is InChI=1S/C10H16O2/c1-7-5-6-8(12-7)9(11)10(2,3)4/h5-6,9,11H,1-4H3/t9-/m1/s1. The quantitative estimate of drug-likeness (QED) is 0.699. The summed E-state index contributed by atoms with van der Waals surface area (Å²) in [5, 5.41) is 9.78. The molecule has 0 aliphatic heterocycles. The van der Waals surface area contributed by atoms with Crippen LogP contribution in [-0.2, 0) is 0 Å². The molecule has 1 aromatic heterocycles. The van der Waals surface area contributed by atoms with Crippen LogP contribution in [0.15, 0.2) is 16.5 Å². The molecule has 1 rings (SSSR count). The van der Waals surface area contributed by atoms with E-state index in [-0.39, 0.29) is 5.41 Å². The van der Waals surface area contributed by atoms with Crippen LogP contribution in [0.1, 0.15) is 38.4 Å². The van der Waals surface area contributed by atoms with Gasteiger partial charge in [-0.1, -0.05) is 20.8 Å². The van der Waals surface area contributed by atoms with Crippen molar-refractivity contribution < 1.29 is 9.52 Å². The van der Waals surface area contributed by atoms with E-state index in [1.807, 2.05) is 39.8 Å². The number of furan rings is 1. The number of hydrogen-bond donors (Lipinski definition) is 1. The Morgan fingerprint density at radius 1 is 1.33 bits per heavy atom. The van der Waals surface area contributed by atoms with Crippen molar-refractivity contribution >= 4 is 0 Å². The third-order valence-corrected chi connectivity index (χ3v) is 1.85. The van der Waals surface area contributed by atoms with Gasteiger partial charge in [0.25, 0.3) is 0 Å². The minimum Gasteiger partial charge on any atom is -0.464 e. The Balaban J connectivity index is 2.85. The summed E-state index contributed by atoms with van der Waals surface area (Å²) in [5.74, 6) is 1.49. The predicted molar refractivity (Wildman–Crippen MR) is 47.9 cm³/mol. The van der Waals surface area contributed by atoms with E-state index in [0.717, 1.165) is 5.76 Å². The Labute approximate surface area is 73.2 Å². The molecule has 0 aliphatic carbocycles. The highest BCUT2D eigenvalue weighted by atomic mass is 16.4. The van der Waals surface area contributed by atoms with Crippen molar-refractivity contribution in [1.29, 1.82) is 0 Å². The van der Waals surface area contributed by atoms with Gasteiger partial charge in [-0.15, -0.1) is 0 Å². The molecule has 0 radical (unpaired) electrons. The SMILES string of the molecule is Cc1ccc([C@@H](O)C(C)(C)C)o1. The molecule has 0 saturated heterocycles. The average Bonchev–Trinajstić information content (AvgIpc) is 2.32. The van der Waals surface area contributed by atoms with E-state index < -0.39 is 6.10 Å². The van der Waals surface area contributed by atoms with Gasteiger partial charge in [-0.25, -0.2) is 0 Å². The smallest absolute Gasteiger partial charge is 0.133 e. The molecule has 1 N–H and O–H groups in total. The Morgan fingerprint density at radius 2 is 1.92 bits per heavy atom. The molecule has 68 valence electrons. The van der Waals surface area contributed by atoms with Crippen molar-refractivity contribution in [3.63, 3.8) is 0 Å². The Hall–Kier alpha value is -0.760. The van der Waals surface area contributed by atoms with Crippen molar-refractivity contribution in [2.75, 3.05) is 0 Å². The second-order valence-electron chi connectivity index (χ2n) is 4.22. The second-order valence-corrected chi connectivity index (χ2v) is 4.22. The molecule has 0 saturated carbocycles. The fraction of sp³-hybridized carbons (Fsp3) is 0.600. The molecular formula is C10H16O2. The van der Waals surface area contributed by atoms with Crippen molar-refractivity contribution in [3.05, 3.63) is 23.7 Å². The maximum atomic E-state index is 9.78. The van der Waals surface area contributed by atoms with Crippen LogP contribution in [0, 0.1) is 12.3 Å². The van der Waals surface area contributed by atoms with Gasteiger partial charge in [0.05, 0.1) is 0 Å². The lowest BCUT2D eigenvalue weighted by Crippen LogP contribution is -2.17. The summed E-state index contributed by atoms with van der Waals surface area (Å²) in [6.45, 7) is 7.82. The van der Waals surface area contributed by atoms with E-state index in [1.165, 1.54) is 0 Å². The molecule has 2 heteroatoms. The van der Waals surface area contributed by atoms with E-state index in [1.54, 1.807) is 0 Å². The van der Waals surface area contributed by atoms with Crippen molar-refractivity contribution in [3.8, 4) is 0 Å². The van der Waals surface area contributed by atoms with Gasteiger partial charge < -0.3 is 9.52 Å². The first-order valence-electron chi connectivity index (χ1n) is 4.15. The van der Waals surface area contributed by atoms with Crippen LogP contribution in [-0.4, -0.2) is 5.11 Å². The normalized spacial score (nSPS) is 14.8. The van der Waals surface area contributed by atoms with Crippen molar-refractivity contribution in [2.45, 2.75) is 33.8 Å². The van der Waals surface area contributed by atoms with E-state index in [9.17, 15) is 5.11 Å². The molecule has 1 atom stereocenters. The highest BCUT2D eigenvalue weighted by molar-refractivity contribution is 5.09. The molecule has 0 amide bonds. The summed E-state index contributed by atoms with van der Waals surface area (Å²) in [7, 11) is 0. The first-order valence-corrected chi connectivity index (χ1v) is 4.15. The summed E-state index contributed by atoms with van der Waals surface area (Å²) in [4.78, 5) is 0. The van der Waals surface area contributed by atoms with E-state index in [0.29, 0.717) is 5.76 Å². The van der Waals surface area contributed by atoms with Gasteiger partial charge in [-0.3, -0.25) is 0 Å². The number of hydrogen-bond acceptors (Lipinski definition) is 2. The molecule has 0 spiro atoms. The zero-order valence-electron chi connectivity index (χ0n) is 8.09. The molecule has 0 fully saturated rings. The zero-order chi connectivity index (χ0) is 9.35. The third-order valence-electron chi connectivity index (χ3n) is 1.85. The third kappa shape index (κ3) is 1.89. The number of aryl methyl sites for hydroxylation is 1. The van der Waals surface area contributed by atoms with Crippen LogP contribution >= 0.6 is 0 Å². The minimum absolute atomic E-state index is 0.162. The lowest BCUT2D eigenvalue weighted by molar-refractivity contribution is 0.0428. The molecule has 0 aromatic carbocycles. The molecule has 12 heavy (non-hydrogen) atoms. The van der Waals surface area contributed by atoms with Crippen LogP contribution in [0.25, 0.3) is 0 Å². The highest BCUT2D eigenvalue weighted by Crippen LogP contribution is 2.33. The lowest BCUT2D eigenvalue weighted by Gasteiger charge is -2.23. The topological polar surface area (TPSA) is 33.4 Å². The molecule has 0 unspecified atom stereocenters. The molecular weight excluding hydrogens is 152 g/mol. The molecule has 2 nitrogen and oxygen atoms in total.